The van der Waals surface area contributed by atoms with E-state index in [1.807, 2.05) is 0 Å². The summed E-state index contributed by atoms with van der Waals surface area (Å²) in [6.45, 7) is 1.70. The number of likely N-dealkylation sites (N-methyl/N-ethyl adjacent to an activating group) is 1. The summed E-state index contributed by atoms with van der Waals surface area (Å²) >= 11 is 5.84. The van der Waals surface area contributed by atoms with Gasteiger partial charge in [-0.25, -0.2) is 4.79 Å². The summed E-state index contributed by atoms with van der Waals surface area (Å²) in [6, 6.07) is 6.21. The second-order valence-electron chi connectivity index (χ2n) is 4.20. The number of urea groups is 1. The maximum Gasteiger partial charge on any atom is 0.319 e. The standard InChI is InChI=1S/C13H14ClN3O2/c1-7-10(12(18)15-2)11(17-13(19)16-7)8-3-5-9(14)6-4-8/h3-6,11H,1-2H3,(H,15,18)(H2,16,17,19). The molecule has 0 aromatic heterocycles. The van der Waals surface area contributed by atoms with Gasteiger partial charge in [-0.05, 0) is 24.6 Å². The van der Waals surface area contributed by atoms with E-state index in [2.05, 4.69) is 16.0 Å². The van der Waals surface area contributed by atoms with E-state index in [1.54, 1.807) is 38.2 Å². The van der Waals surface area contributed by atoms with Crippen molar-refractivity contribution in [2.24, 2.45) is 0 Å². The molecule has 0 saturated heterocycles. The van der Waals surface area contributed by atoms with Crippen molar-refractivity contribution in [1.82, 2.24) is 16.0 Å². The van der Waals surface area contributed by atoms with Crippen LogP contribution in [0.1, 0.15) is 18.5 Å². The lowest BCUT2D eigenvalue weighted by Gasteiger charge is -2.28. The van der Waals surface area contributed by atoms with E-state index in [4.69, 9.17) is 11.6 Å². The summed E-state index contributed by atoms with van der Waals surface area (Å²) in [7, 11) is 1.55. The van der Waals surface area contributed by atoms with Gasteiger partial charge in [-0.15, -0.1) is 0 Å². The Kier molecular flexibility index (Phi) is 3.76. The molecule has 1 aromatic rings. The average Bonchev–Trinajstić information content (AvgIpc) is 2.38. The quantitative estimate of drug-likeness (QED) is 0.771. The van der Waals surface area contributed by atoms with Crippen molar-refractivity contribution in [2.45, 2.75) is 13.0 Å². The Morgan fingerprint density at radius 1 is 1.32 bits per heavy atom. The fraction of sp³-hybridized carbons (Fsp3) is 0.231. The third kappa shape index (κ3) is 2.71. The van der Waals surface area contributed by atoms with Gasteiger partial charge >= 0.3 is 6.03 Å². The van der Waals surface area contributed by atoms with Gasteiger partial charge < -0.3 is 16.0 Å². The highest BCUT2D eigenvalue weighted by Crippen LogP contribution is 2.27. The van der Waals surface area contributed by atoms with Crippen LogP contribution in [0.15, 0.2) is 35.5 Å². The predicted octanol–water partition coefficient (Wildman–Crippen LogP) is 1.71. The molecule has 5 nitrogen and oxygen atoms in total. The summed E-state index contributed by atoms with van der Waals surface area (Å²) < 4.78 is 0. The van der Waals surface area contributed by atoms with E-state index < -0.39 is 6.04 Å². The van der Waals surface area contributed by atoms with Gasteiger partial charge in [0.25, 0.3) is 5.91 Å². The van der Waals surface area contributed by atoms with E-state index in [0.29, 0.717) is 16.3 Å². The minimum Gasteiger partial charge on any atom is -0.355 e. The maximum absolute atomic E-state index is 11.9. The van der Waals surface area contributed by atoms with Crippen LogP contribution in [0.5, 0.6) is 0 Å². The number of hydrogen-bond acceptors (Lipinski definition) is 2. The number of carbonyl (C=O) groups excluding carboxylic acids is 2. The van der Waals surface area contributed by atoms with Crippen molar-refractivity contribution in [3.8, 4) is 0 Å². The molecule has 3 N–H and O–H groups in total. The van der Waals surface area contributed by atoms with Crippen LogP contribution in [0.4, 0.5) is 4.79 Å². The van der Waals surface area contributed by atoms with E-state index in [-0.39, 0.29) is 11.9 Å². The highest BCUT2D eigenvalue weighted by Gasteiger charge is 2.30. The first-order valence-electron chi connectivity index (χ1n) is 5.78. The molecule has 3 amide bonds. The first-order valence-corrected chi connectivity index (χ1v) is 6.16. The molecule has 1 aromatic carbocycles. The van der Waals surface area contributed by atoms with E-state index in [0.717, 1.165) is 5.56 Å². The second-order valence-corrected chi connectivity index (χ2v) is 4.64. The van der Waals surface area contributed by atoms with Crippen molar-refractivity contribution in [2.75, 3.05) is 7.05 Å². The van der Waals surface area contributed by atoms with Crippen molar-refractivity contribution in [1.29, 1.82) is 0 Å². The Hall–Kier alpha value is -2.01. The molecule has 0 spiro atoms. The first kappa shape index (κ1) is 13.4. The van der Waals surface area contributed by atoms with Gasteiger partial charge in [0.15, 0.2) is 0 Å². The summed E-state index contributed by atoms with van der Waals surface area (Å²) in [5.41, 5.74) is 1.84. The minimum absolute atomic E-state index is 0.232. The number of nitrogens with one attached hydrogen (secondary N) is 3. The second kappa shape index (κ2) is 5.32. The van der Waals surface area contributed by atoms with Gasteiger partial charge in [0.05, 0.1) is 11.6 Å². The Morgan fingerprint density at radius 2 is 1.95 bits per heavy atom. The maximum atomic E-state index is 11.9. The van der Waals surface area contributed by atoms with Gasteiger partial charge in [0.2, 0.25) is 0 Å². The molecule has 2 rings (SSSR count). The Bertz CT molecular complexity index is 552. The molecule has 1 aliphatic rings. The number of hydrogen-bond donors (Lipinski definition) is 3. The molecule has 0 radical (unpaired) electrons. The molecule has 0 bridgehead atoms. The van der Waals surface area contributed by atoms with Crippen LogP contribution in [-0.4, -0.2) is 19.0 Å². The molecule has 6 heteroatoms. The van der Waals surface area contributed by atoms with Gasteiger partial charge in [0, 0.05) is 17.8 Å². The lowest BCUT2D eigenvalue weighted by Crippen LogP contribution is -2.46. The predicted molar refractivity (Wildman–Crippen MR) is 72.6 cm³/mol. The summed E-state index contributed by atoms with van der Waals surface area (Å²) in [5.74, 6) is -0.232. The molecule has 0 saturated carbocycles. The van der Waals surface area contributed by atoms with Crippen molar-refractivity contribution < 1.29 is 9.59 Å². The summed E-state index contributed by atoms with van der Waals surface area (Å²) in [6.07, 6.45) is 0. The minimum atomic E-state index is -0.481. The largest absolute Gasteiger partial charge is 0.355 e. The molecular formula is C13H14ClN3O2. The van der Waals surface area contributed by atoms with Crippen LogP contribution >= 0.6 is 11.6 Å². The molecular weight excluding hydrogens is 266 g/mol. The Morgan fingerprint density at radius 3 is 2.53 bits per heavy atom. The summed E-state index contributed by atoms with van der Waals surface area (Å²) in [4.78, 5) is 23.5. The summed E-state index contributed by atoms with van der Waals surface area (Å²) in [5, 5.41) is 8.51. The van der Waals surface area contributed by atoms with Crippen molar-refractivity contribution in [3.05, 3.63) is 46.1 Å². The zero-order chi connectivity index (χ0) is 14.0. The molecule has 1 heterocycles. The molecule has 0 fully saturated rings. The fourth-order valence-corrected chi connectivity index (χ4v) is 2.16. The van der Waals surface area contributed by atoms with Crippen LogP contribution in [0, 0.1) is 0 Å². The van der Waals surface area contributed by atoms with Gasteiger partial charge in [0.1, 0.15) is 0 Å². The van der Waals surface area contributed by atoms with Gasteiger partial charge in [-0.3, -0.25) is 4.79 Å². The molecule has 100 valence electrons. The number of allylic oxidation sites excluding steroid dienone is 1. The fourth-order valence-electron chi connectivity index (χ4n) is 2.03. The van der Waals surface area contributed by atoms with Crippen molar-refractivity contribution in [3.63, 3.8) is 0 Å². The lowest BCUT2D eigenvalue weighted by molar-refractivity contribution is -0.117. The van der Waals surface area contributed by atoms with Crippen LogP contribution < -0.4 is 16.0 Å². The van der Waals surface area contributed by atoms with E-state index in [1.165, 1.54) is 0 Å². The van der Waals surface area contributed by atoms with Crippen LogP contribution in [-0.2, 0) is 4.79 Å². The molecule has 19 heavy (non-hydrogen) atoms. The molecule has 1 atom stereocenters. The molecule has 0 aliphatic carbocycles. The van der Waals surface area contributed by atoms with E-state index in [9.17, 15) is 9.59 Å². The Balaban J connectivity index is 2.46. The monoisotopic (exact) mass is 279 g/mol. The normalized spacial score (nSPS) is 18.7. The SMILES string of the molecule is CNC(=O)C1=C(C)NC(=O)NC1c1ccc(Cl)cc1. The first-order chi connectivity index (χ1) is 9.02. The number of benzene rings is 1. The molecule has 1 aliphatic heterocycles. The van der Waals surface area contributed by atoms with Crippen LogP contribution in [0.2, 0.25) is 5.02 Å². The van der Waals surface area contributed by atoms with Crippen LogP contribution in [0.25, 0.3) is 0 Å². The van der Waals surface area contributed by atoms with Crippen molar-refractivity contribution >= 4 is 23.5 Å². The number of amides is 3. The number of halogens is 1. The average molecular weight is 280 g/mol. The zero-order valence-corrected chi connectivity index (χ0v) is 11.3. The third-order valence-corrected chi connectivity index (χ3v) is 3.20. The lowest BCUT2D eigenvalue weighted by atomic mass is 9.95. The smallest absolute Gasteiger partial charge is 0.319 e. The van der Waals surface area contributed by atoms with Crippen LogP contribution in [0.3, 0.4) is 0 Å². The molecule has 1 unspecified atom stereocenters. The Labute approximate surface area is 116 Å². The van der Waals surface area contributed by atoms with Gasteiger partial charge in [-0.1, -0.05) is 23.7 Å². The highest BCUT2D eigenvalue weighted by atomic mass is 35.5. The number of carbonyl (C=O) groups is 2. The number of rotatable bonds is 2. The van der Waals surface area contributed by atoms with E-state index >= 15 is 0 Å². The van der Waals surface area contributed by atoms with Gasteiger partial charge in [-0.2, -0.15) is 0 Å². The highest BCUT2D eigenvalue weighted by molar-refractivity contribution is 6.30. The zero-order valence-electron chi connectivity index (χ0n) is 10.6. The third-order valence-electron chi connectivity index (χ3n) is 2.94. The topological polar surface area (TPSA) is 70.2 Å².